The minimum absolute atomic E-state index is 0.0466. The summed E-state index contributed by atoms with van der Waals surface area (Å²) < 4.78 is 87.8. The van der Waals surface area contributed by atoms with Crippen molar-refractivity contribution in [1.82, 2.24) is 25.2 Å². The Balaban J connectivity index is 1.29. The van der Waals surface area contributed by atoms with Crippen LogP contribution < -0.4 is 20.7 Å². The van der Waals surface area contributed by atoms with Crippen LogP contribution in [0.4, 0.5) is 32.9 Å². The lowest BCUT2D eigenvalue weighted by atomic mass is 9.95. The van der Waals surface area contributed by atoms with Crippen molar-refractivity contribution in [3.63, 3.8) is 0 Å². The van der Waals surface area contributed by atoms with Crippen LogP contribution in [-0.4, -0.2) is 83.5 Å². The number of aromatic nitrogens is 3. The molecule has 0 spiro atoms. The summed E-state index contributed by atoms with van der Waals surface area (Å²) in [6.45, 7) is 2.78. The van der Waals surface area contributed by atoms with Gasteiger partial charge in [0.1, 0.15) is 23.8 Å². The first-order valence-electron chi connectivity index (χ1n) is 15.9. The van der Waals surface area contributed by atoms with Crippen molar-refractivity contribution in [2.45, 2.75) is 68.4 Å². The number of hydrogen-bond acceptors (Lipinski definition) is 10. The SMILES string of the molecule is COC[C@H]1CC[C@@]2(COc3nc(N4CC5CCC(C4)N5)c4cc(C(F)(F)F)c(-c5ccc(F)c6sc(N)nc56)c(F)c4n3)CCCN12. The number of benzene rings is 2. The third-order valence-electron chi connectivity index (χ3n) is 10.4. The fourth-order valence-corrected chi connectivity index (χ4v) is 9.09. The molecule has 4 saturated heterocycles. The van der Waals surface area contributed by atoms with Gasteiger partial charge in [0, 0.05) is 54.8 Å². The average Bonchev–Trinajstić information content (AvgIpc) is 3.80. The summed E-state index contributed by atoms with van der Waals surface area (Å²) in [5.74, 6) is -1.71. The number of rotatable bonds is 7. The third kappa shape index (κ3) is 5.16. The fourth-order valence-electron chi connectivity index (χ4n) is 8.33. The van der Waals surface area contributed by atoms with Crippen LogP contribution in [0, 0.1) is 11.6 Å². The van der Waals surface area contributed by atoms with Crippen LogP contribution in [-0.2, 0) is 10.9 Å². The van der Waals surface area contributed by atoms with Crippen molar-refractivity contribution in [1.29, 1.82) is 0 Å². The molecule has 2 aromatic heterocycles. The maximum atomic E-state index is 16.9. The second kappa shape index (κ2) is 11.3. The quantitative estimate of drug-likeness (QED) is 0.237. The van der Waals surface area contributed by atoms with E-state index in [4.69, 9.17) is 20.2 Å². The highest BCUT2D eigenvalue weighted by Gasteiger charge is 2.50. The Morgan fingerprint density at radius 3 is 2.60 bits per heavy atom. The summed E-state index contributed by atoms with van der Waals surface area (Å²) in [7, 11) is 1.69. The number of nitrogens with zero attached hydrogens (tertiary/aromatic N) is 5. The van der Waals surface area contributed by atoms with Crippen LogP contribution in [0.25, 0.3) is 32.2 Å². The first-order chi connectivity index (χ1) is 22.5. The van der Waals surface area contributed by atoms with Gasteiger partial charge in [0.15, 0.2) is 10.9 Å². The second-order valence-electron chi connectivity index (χ2n) is 13.2. The van der Waals surface area contributed by atoms with E-state index >= 15 is 4.39 Å². The van der Waals surface area contributed by atoms with E-state index in [1.165, 1.54) is 0 Å². The zero-order valence-electron chi connectivity index (χ0n) is 25.7. The maximum Gasteiger partial charge on any atom is 0.417 e. The zero-order chi connectivity index (χ0) is 32.7. The second-order valence-corrected chi connectivity index (χ2v) is 14.2. The average molecular weight is 676 g/mol. The number of alkyl halides is 3. The topological polar surface area (TPSA) is 102 Å². The molecule has 4 aliphatic heterocycles. The van der Waals surface area contributed by atoms with Gasteiger partial charge in [-0.2, -0.15) is 23.1 Å². The van der Waals surface area contributed by atoms with Gasteiger partial charge in [-0.15, -0.1) is 0 Å². The lowest BCUT2D eigenvalue weighted by Crippen LogP contribution is -2.51. The number of nitrogens with two attached hydrogens (primary N) is 1. The van der Waals surface area contributed by atoms with Crippen LogP contribution in [0.3, 0.4) is 0 Å². The number of halogens is 5. The molecule has 4 aromatic rings. The molecule has 4 fully saturated rings. The number of thiazole rings is 1. The molecule has 2 unspecified atom stereocenters. The Labute approximate surface area is 271 Å². The molecule has 8 rings (SSSR count). The van der Waals surface area contributed by atoms with Gasteiger partial charge in [-0.05, 0) is 63.3 Å². The molecule has 0 saturated carbocycles. The highest BCUT2D eigenvalue weighted by Crippen LogP contribution is 2.47. The maximum absolute atomic E-state index is 16.9. The van der Waals surface area contributed by atoms with E-state index in [0.29, 0.717) is 19.7 Å². The lowest BCUT2D eigenvalue weighted by Gasteiger charge is -2.35. The van der Waals surface area contributed by atoms with Crippen LogP contribution in [0.1, 0.15) is 44.1 Å². The van der Waals surface area contributed by atoms with Crippen molar-refractivity contribution in [2.75, 3.05) is 50.6 Å². The van der Waals surface area contributed by atoms with Crippen molar-refractivity contribution in [3.05, 3.63) is 35.4 Å². The Morgan fingerprint density at radius 1 is 1.06 bits per heavy atom. The Morgan fingerprint density at radius 2 is 1.85 bits per heavy atom. The molecule has 6 heterocycles. The van der Waals surface area contributed by atoms with Crippen LogP contribution >= 0.6 is 11.3 Å². The predicted octanol–water partition coefficient (Wildman–Crippen LogP) is 5.75. The largest absolute Gasteiger partial charge is 0.461 e. The van der Waals surface area contributed by atoms with Crippen LogP contribution in [0.5, 0.6) is 6.01 Å². The number of methoxy groups -OCH3 is 1. The van der Waals surface area contributed by atoms with E-state index in [0.717, 1.165) is 74.6 Å². The van der Waals surface area contributed by atoms with Crippen LogP contribution in [0.2, 0.25) is 0 Å². The van der Waals surface area contributed by atoms with Crippen molar-refractivity contribution in [3.8, 4) is 17.1 Å². The molecule has 4 aliphatic rings. The van der Waals surface area contributed by atoms with Crippen molar-refractivity contribution >= 4 is 43.4 Å². The molecule has 2 bridgehead atoms. The molecule has 0 aliphatic carbocycles. The molecule has 2 aromatic carbocycles. The van der Waals surface area contributed by atoms with Gasteiger partial charge in [-0.3, -0.25) is 4.90 Å². The van der Waals surface area contributed by atoms with E-state index in [1.54, 1.807) is 7.11 Å². The minimum Gasteiger partial charge on any atom is -0.461 e. The third-order valence-corrected chi connectivity index (χ3v) is 11.2. The Kier molecular flexibility index (Phi) is 7.46. The van der Waals surface area contributed by atoms with Crippen molar-refractivity contribution in [2.24, 2.45) is 0 Å². The van der Waals surface area contributed by atoms with Gasteiger partial charge < -0.3 is 25.4 Å². The number of piperazine rings is 1. The lowest BCUT2D eigenvalue weighted by molar-refractivity contribution is -0.137. The van der Waals surface area contributed by atoms with E-state index in [-0.39, 0.29) is 73.9 Å². The number of hydrogen-bond donors (Lipinski definition) is 2. The minimum atomic E-state index is -4.96. The monoisotopic (exact) mass is 675 g/mol. The first-order valence-corrected chi connectivity index (χ1v) is 16.7. The Bertz CT molecular complexity index is 1860. The summed E-state index contributed by atoms with van der Waals surface area (Å²) in [4.78, 5) is 17.6. The highest BCUT2D eigenvalue weighted by atomic mass is 32.1. The number of anilines is 2. The Hall–Kier alpha value is -3.40. The van der Waals surface area contributed by atoms with Crippen molar-refractivity contribution < 1.29 is 31.4 Å². The van der Waals surface area contributed by atoms with Gasteiger partial charge in [0.05, 0.1) is 27.9 Å². The molecule has 0 radical (unpaired) electrons. The predicted molar refractivity (Wildman–Crippen MR) is 169 cm³/mol. The van der Waals surface area contributed by atoms with E-state index < -0.39 is 28.9 Å². The molecular weight excluding hydrogens is 641 g/mol. The number of nitrogen functional groups attached to an aromatic ring is 1. The molecule has 15 heteroatoms. The summed E-state index contributed by atoms with van der Waals surface area (Å²) in [6.07, 6.45) is 0.662. The number of ether oxygens (including phenoxy) is 2. The summed E-state index contributed by atoms with van der Waals surface area (Å²) >= 11 is 0.787. The van der Waals surface area contributed by atoms with Crippen LogP contribution in [0.15, 0.2) is 18.2 Å². The van der Waals surface area contributed by atoms with Gasteiger partial charge in [-0.25, -0.2) is 13.8 Å². The van der Waals surface area contributed by atoms with Gasteiger partial charge in [0.2, 0.25) is 0 Å². The molecular formula is C32H34F5N7O2S. The molecule has 0 amide bonds. The molecule has 3 N–H and O–H groups in total. The van der Waals surface area contributed by atoms with Gasteiger partial charge in [0.25, 0.3) is 0 Å². The number of nitrogens with one attached hydrogen (secondary N) is 1. The summed E-state index contributed by atoms with van der Waals surface area (Å²) in [5, 5.41) is 3.41. The summed E-state index contributed by atoms with van der Waals surface area (Å²) in [5.41, 5.74) is 2.91. The molecule has 9 nitrogen and oxygen atoms in total. The smallest absolute Gasteiger partial charge is 0.417 e. The molecule has 47 heavy (non-hydrogen) atoms. The number of fused-ring (bicyclic) bond motifs is 5. The van der Waals surface area contributed by atoms with Gasteiger partial charge in [-0.1, -0.05) is 11.3 Å². The fraction of sp³-hybridized carbons (Fsp3) is 0.531. The normalized spacial score (nSPS) is 26.2. The zero-order valence-corrected chi connectivity index (χ0v) is 26.5. The van der Waals surface area contributed by atoms with E-state index in [9.17, 15) is 17.6 Å². The first kappa shape index (κ1) is 30.9. The highest BCUT2D eigenvalue weighted by molar-refractivity contribution is 7.22. The molecule has 4 atom stereocenters. The van der Waals surface area contributed by atoms with E-state index in [1.807, 2.05) is 4.90 Å². The van der Waals surface area contributed by atoms with Gasteiger partial charge >= 0.3 is 12.2 Å². The summed E-state index contributed by atoms with van der Waals surface area (Å²) in [6, 6.07) is 3.46. The molecule has 250 valence electrons. The standard InChI is InChI=1S/C32H34F5N7O2S/c1-45-14-18-7-9-31(8-2-10-44(18)31)15-46-30-41-25-20(28(42-30)43-12-16-3-4-17(13-43)39-16)11-21(32(35,36)37)23(24(25)34)19-5-6-22(33)27-26(19)40-29(38)47-27/h5-6,11,16-18,39H,2-4,7-10,12-15H2,1H3,(H2,38,40)/t16?,17?,18-,31-/m1/s1. The van der Waals surface area contributed by atoms with E-state index in [2.05, 4.69) is 20.2 Å².